The number of nitrogens with two attached hydrogens (primary N) is 1. The molecule has 2 unspecified atom stereocenters. The van der Waals surface area contributed by atoms with Gasteiger partial charge in [-0.3, -0.25) is 0 Å². The fourth-order valence-electron chi connectivity index (χ4n) is 1.88. The second-order valence-corrected chi connectivity index (χ2v) is 6.34. The van der Waals surface area contributed by atoms with Crippen molar-refractivity contribution in [3.63, 3.8) is 0 Å². The Kier molecular flexibility index (Phi) is 6.33. The first-order valence-electron chi connectivity index (χ1n) is 5.31. The van der Waals surface area contributed by atoms with Crippen LogP contribution in [0.1, 0.15) is 32.6 Å². The van der Waals surface area contributed by atoms with Crippen LogP contribution in [0.2, 0.25) is 0 Å². The zero-order valence-electron chi connectivity index (χ0n) is 8.50. The van der Waals surface area contributed by atoms with Crippen LogP contribution < -0.4 is 5.73 Å². The maximum atomic E-state index is 5.54. The van der Waals surface area contributed by atoms with E-state index in [1.54, 1.807) is 0 Å². The molecule has 2 atom stereocenters. The standard InChI is InChI=1S/C10H21NS2/c1-2-12-9-5-3-4-6-10(9)13-8-7-11/h9-10H,2-8,11H2,1H3. The van der Waals surface area contributed by atoms with Crippen molar-refractivity contribution in [2.45, 2.75) is 43.1 Å². The molecule has 2 N–H and O–H groups in total. The lowest BCUT2D eigenvalue weighted by Crippen LogP contribution is -2.25. The maximum Gasteiger partial charge on any atom is 0.0166 e. The largest absolute Gasteiger partial charge is 0.330 e. The lowest BCUT2D eigenvalue weighted by Gasteiger charge is -2.30. The molecule has 78 valence electrons. The molecule has 1 fully saturated rings. The van der Waals surface area contributed by atoms with E-state index in [-0.39, 0.29) is 0 Å². The summed E-state index contributed by atoms with van der Waals surface area (Å²) in [5.41, 5.74) is 5.54. The quantitative estimate of drug-likeness (QED) is 0.770. The smallest absolute Gasteiger partial charge is 0.0166 e. The molecular formula is C10H21NS2. The van der Waals surface area contributed by atoms with Crippen LogP contribution in [-0.2, 0) is 0 Å². The topological polar surface area (TPSA) is 26.0 Å². The van der Waals surface area contributed by atoms with E-state index in [0.29, 0.717) is 0 Å². The Balaban J connectivity index is 2.28. The van der Waals surface area contributed by atoms with Crippen molar-refractivity contribution in [2.75, 3.05) is 18.1 Å². The first-order chi connectivity index (χ1) is 6.38. The zero-order chi connectivity index (χ0) is 9.52. The Labute approximate surface area is 90.6 Å². The summed E-state index contributed by atoms with van der Waals surface area (Å²) in [5.74, 6) is 2.41. The fraction of sp³-hybridized carbons (Fsp3) is 1.00. The van der Waals surface area contributed by atoms with Crippen LogP contribution in [0.25, 0.3) is 0 Å². The molecule has 0 aromatic heterocycles. The van der Waals surface area contributed by atoms with Gasteiger partial charge in [0, 0.05) is 22.8 Å². The van der Waals surface area contributed by atoms with Crippen LogP contribution in [-0.4, -0.2) is 28.6 Å². The molecule has 0 bridgehead atoms. The highest BCUT2D eigenvalue weighted by molar-refractivity contribution is 8.03. The number of rotatable bonds is 5. The molecule has 0 spiro atoms. The van der Waals surface area contributed by atoms with E-state index in [1.165, 1.54) is 31.4 Å². The van der Waals surface area contributed by atoms with E-state index in [4.69, 9.17) is 5.73 Å². The van der Waals surface area contributed by atoms with Gasteiger partial charge < -0.3 is 5.73 Å². The molecule has 3 heteroatoms. The molecular weight excluding hydrogens is 198 g/mol. The van der Waals surface area contributed by atoms with Gasteiger partial charge in [0.1, 0.15) is 0 Å². The van der Waals surface area contributed by atoms with Gasteiger partial charge in [-0.15, -0.1) is 0 Å². The van der Waals surface area contributed by atoms with Crippen molar-refractivity contribution in [2.24, 2.45) is 5.73 Å². The van der Waals surface area contributed by atoms with Crippen LogP contribution in [0.5, 0.6) is 0 Å². The summed E-state index contributed by atoms with van der Waals surface area (Å²) < 4.78 is 0. The molecule has 0 aliphatic heterocycles. The summed E-state index contributed by atoms with van der Waals surface area (Å²) in [5, 5.41) is 1.80. The number of hydrogen-bond donors (Lipinski definition) is 1. The fourth-order valence-corrected chi connectivity index (χ4v) is 4.58. The van der Waals surface area contributed by atoms with Crippen LogP contribution >= 0.6 is 23.5 Å². The predicted molar refractivity (Wildman–Crippen MR) is 65.7 cm³/mol. The molecule has 0 saturated heterocycles. The van der Waals surface area contributed by atoms with Gasteiger partial charge in [0.05, 0.1) is 0 Å². The minimum absolute atomic E-state index is 0.838. The Hall–Kier alpha value is 0.660. The molecule has 0 aromatic carbocycles. The van der Waals surface area contributed by atoms with E-state index in [1.807, 2.05) is 0 Å². The van der Waals surface area contributed by atoms with Gasteiger partial charge in [-0.2, -0.15) is 23.5 Å². The predicted octanol–water partition coefficient (Wildman–Crippen LogP) is 2.74. The number of hydrogen-bond acceptors (Lipinski definition) is 3. The van der Waals surface area contributed by atoms with Crippen molar-refractivity contribution in [1.29, 1.82) is 0 Å². The Morgan fingerprint density at radius 2 is 1.77 bits per heavy atom. The summed E-state index contributed by atoms with van der Waals surface area (Å²) in [7, 11) is 0. The Morgan fingerprint density at radius 1 is 1.15 bits per heavy atom. The van der Waals surface area contributed by atoms with Gasteiger partial charge in [-0.05, 0) is 18.6 Å². The summed E-state index contributed by atoms with van der Waals surface area (Å²) in [6.45, 7) is 3.11. The normalized spacial score (nSPS) is 29.1. The highest BCUT2D eigenvalue weighted by Gasteiger charge is 2.24. The minimum atomic E-state index is 0.838. The highest BCUT2D eigenvalue weighted by atomic mass is 32.2. The molecule has 0 radical (unpaired) electrons. The molecule has 1 aliphatic rings. The molecule has 1 nitrogen and oxygen atoms in total. The lowest BCUT2D eigenvalue weighted by atomic mass is 10.00. The van der Waals surface area contributed by atoms with Crippen molar-refractivity contribution in [3.8, 4) is 0 Å². The SMILES string of the molecule is CCSC1CCCCC1SCCN. The third-order valence-corrected chi connectivity index (χ3v) is 5.43. The van der Waals surface area contributed by atoms with Gasteiger partial charge in [0.25, 0.3) is 0 Å². The Bertz CT molecular complexity index is 128. The van der Waals surface area contributed by atoms with Crippen LogP contribution in [0.4, 0.5) is 0 Å². The van der Waals surface area contributed by atoms with Crippen LogP contribution in [0.3, 0.4) is 0 Å². The van der Waals surface area contributed by atoms with Gasteiger partial charge >= 0.3 is 0 Å². The average Bonchev–Trinajstić information content (AvgIpc) is 2.17. The zero-order valence-corrected chi connectivity index (χ0v) is 10.1. The van der Waals surface area contributed by atoms with Crippen molar-refractivity contribution >= 4 is 23.5 Å². The van der Waals surface area contributed by atoms with E-state index >= 15 is 0 Å². The third-order valence-electron chi connectivity index (χ3n) is 2.47. The first-order valence-corrected chi connectivity index (χ1v) is 7.41. The van der Waals surface area contributed by atoms with Gasteiger partial charge in [0.2, 0.25) is 0 Å². The third kappa shape index (κ3) is 4.13. The van der Waals surface area contributed by atoms with Crippen molar-refractivity contribution in [3.05, 3.63) is 0 Å². The second kappa shape index (κ2) is 7.02. The maximum absolute atomic E-state index is 5.54. The monoisotopic (exact) mass is 219 g/mol. The lowest BCUT2D eigenvalue weighted by molar-refractivity contribution is 0.528. The molecule has 1 rings (SSSR count). The number of thioether (sulfide) groups is 2. The molecule has 0 amide bonds. The molecule has 1 saturated carbocycles. The van der Waals surface area contributed by atoms with Crippen molar-refractivity contribution < 1.29 is 0 Å². The van der Waals surface area contributed by atoms with Crippen LogP contribution in [0, 0.1) is 0 Å². The van der Waals surface area contributed by atoms with E-state index in [9.17, 15) is 0 Å². The van der Waals surface area contributed by atoms with Gasteiger partial charge in [-0.1, -0.05) is 19.8 Å². The van der Waals surface area contributed by atoms with E-state index in [2.05, 4.69) is 30.4 Å². The molecule has 1 aliphatic carbocycles. The Morgan fingerprint density at radius 3 is 2.31 bits per heavy atom. The summed E-state index contributed by atoms with van der Waals surface area (Å²) in [6.07, 6.45) is 5.73. The average molecular weight is 219 g/mol. The summed E-state index contributed by atoms with van der Waals surface area (Å²) in [6, 6.07) is 0. The molecule has 0 aromatic rings. The van der Waals surface area contributed by atoms with Gasteiger partial charge in [-0.25, -0.2) is 0 Å². The minimum Gasteiger partial charge on any atom is -0.330 e. The van der Waals surface area contributed by atoms with E-state index in [0.717, 1.165) is 22.8 Å². The molecule has 13 heavy (non-hydrogen) atoms. The van der Waals surface area contributed by atoms with Crippen LogP contribution in [0.15, 0.2) is 0 Å². The van der Waals surface area contributed by atoms with Gasteiger partial charge in [0.15, 0.2) is 0 Å². The summed E-state index contributed by atoms with van der Waals surface area (Å²) >= 11 is 4.25. The summed E-state index contributed by atoms with van der Waals surface area (Å²) in [4.78, 5) is 0. The molecule has 0 heterocycles. The highest BCUT2D eigenvalue weighted by Crippen LogP contribution is 2.35. The first kappa shape index (κ1) is 11.7. The van der Waals surface area contributed by atoms with E-state index < -0.39 is 0 Å². The second-order valence-electron chi connectivity index (χ2n) is 3.48. The van der Waals surface area contributed by atoms with Crippen molar-refractivity contribution in [1.82, 2.24) is 0 Å².